The molecule has 2 rings (SSSR count). The summed E-state index contributed by atoms with van der Waals surface area (Å²) in [4.78, 5) is 35.2. The van der Waals surface area contributed by atoms with Gasteiger partial charge in [0.1, 0.15) is 12.0 Å². The summed E-state index contributed by atoms with van der Waals surface area (Å²) in [5.74, 6) is -2.08. The molecule has 1 aliphatic heterocycles. The Morgan fingerprint density at radius 1 is 1.65 bits per heavy atom. The first kappa shape index (κ1) is 11.8. The highest BCUT2D eigenvalue weighted by atomic mass is 16.5. The van der Waals surface area contributed by atoms with Crippen LogP contribution in [0.3, 0.4) is 0 Å². The molecule has 1 saturated carbocycles. The molecule has 0 aromatic heterocycles. The first-order valence-corrected chi connectivity index (χ1v) is 5.50. The lowest BCUT2D eigenvalue weighted by Gasteiger charge is -2.25. The van der Waals surface area contributed by atoms with E-state index in [9.17, 15) is 14.4 Å². The number of ketones is 1. The zero-order chi connectivity index (χ0) is 12.6. The maximum absolute atomic E-state index is 11.9. The van der Waals surface area contributed by atoms with Crippen molar-refractivity contribution in [3.8, 4) is 0 Å². The SMILES string of the molecule is C=CCOC(=O)[C@]1(C)C(=O)C[C@H]2C(=O)OC[C@H]21. The van der Waals surface area contributed by atoms with Crippen molar-refractivity contribution in [2.75, 3.05) is 13.2 Å². The van der Waals surface area contributed by atoms with Crippen LogP contribution in [-0.4, -0.2) is 30.9 Å². The van der Waals surface area contributed by atoms with E-state index in [0.29, 0.717) is 0 Å². The van der Waals surface area contributed by atoms with Crippen LogP contribution in [0.1, 0.15) is 13.3 Å². The second-order valence-electron chi connectivity index (χ2n) is 4.56. The van der Waals surface area contributed by atoms with Gasteiger partial charge in [0.2, 0.25) is 0 Å². The van der Waals surface area contributed by atoms with E-state index in [1.54, 1.807) is 0 Å². The summed E-state index contributed by atoms with van der Waals surface area (Å²) in [5.41, 5.74) is -1.25. The monoisotopic (exact) mass is 238 g/mol. The van der Waals surface area contributed by atoms with E-state index in [-0.39, 0.29) is 37.3 Å². The molecule has 0 aromatic carbocycles. The number of cyclic esters (lactones) is 1. The Morgan fingerprint density at radius 3 is 3.00 bits per heavy atom. The van der Waals surface area contributed by atoms with Gasteiger partial charge >= 0.3 is 11.9 Å². The van der Waals surface area contributed by atoms with Crippen molar-refractivity contribution in [2.24, 2.45) is 17.3 Å². The van der Waals surface area contributed by atoms with E-state index < -0.39 is 17.3 Å². The zero-order valence-electron chi connectivity index (χ0n) is 9.60. The number of esters is 2. The van der Waals surface area contributed by atoms with Crippen LogP contribution in [0.4, 0.5) is 0 Å². The van der Waals surface area contributed by atoms with Gasteiger partial charge in [-0.1, -0.05) is 12.7 Å². The van der Waals surface area contributed by atoms with Gasteiger partial charge in [-0.05, 0) is 6.92 Å². The molecule has 2 fully saturated rings. The Bertz CT molecular complexity index is 400. The van der Waals surface area contributed by atoms with Gasteiger partial charge < -0.3 is 9.47 Å². The maximum atomic E-state index is 11.9. The molecule has 92 valence electrons. The number of fused-ring (bicyclic) bond motifs is 1. The molecular formula is C12H14O5. The molecule has 2 aliphatic rings. The predicted molar refractivity (Wildman–Crippen MR) is 56.8 cm³/mol. The fourth-order valence-electron chi connectivity index (χ4n) is 2.52. The molecule has 0 bridgehead atoms. The van der Waals surface area contributed by atoms with Gasteiger partial charge in [-0.15, -0.1) is 0 Å². The molecule has 0 N–H and O–H groups in total. The molecule has 1 heterocycles. The summed E-state index contributed by atoms with van der Waals surface area (Å²) in [6.07, 6.45) is 1.51. The van der Waals surface area contributed by atoms with E-state index in [4.69, 9.17) is 9.47 Å². The molecule has 0 amide bonds. The third-order valence-electron chi connectivity index (χ3n) is 3.68. The molecule has 5 heteroatoms. The highest BCUT2D eigenvalue weighted by molar-refractivity contribution is 6.08. The van der Waals surface area contributed by atoms with Crippen molar-refractivity contribution < 1.29 is 23.9 Å². The van der Waals surface area contributed by atoms with Crippen LogP contribution in [-0.2, 0) is 23.9 Å². The number of Topliss-reactive ketones (excluding diaryl/α,β-unsaturated/α-hetero) is 1. The first-order chi connectivity index (χ1) is 8.01. The quantitative estimate of drug-likeness (QED) is 0.406. The predicted octanol–water partition coefficient (Wildman–Crippen LogP) is 0.484. The maximum Gasteiger partial charge on any atom is 0.320 e. The molecule has 0 spiro atoms. The lowest BCUT2D eigenvalue weighted by Crippen LogP contribution is -2.40. The minimum absolute atomic E-state index is 0.0634. The average molecular weight is 238 g/mol. The van der Waals surface area contributed by atoms with Crippen molar-refractivity contribution in [2.45, 2.75) is 13.3 Å². The van der Waals surface area contributed by atoms with Gasteiger partial charge in [0, 0.05) is 12.3 Å². The minimum atomic E-state index is -1.25. The first-order valence-electron chi connectivity index (χ1n) is 5.50. The van der Waals surface area contributed by atoms with Crippen LogP contribution in [0.25, 0.3) is 0 Å². The number of hydrogen-bond acceptors (Lipinski definition) is 5. The third kappa shape index (κ3) is 1.57. The third-order valence-corrected chi connectivity index (χ3v) is 3.68. The summed E-state index contributed by atoms with van der Waals surface area (Å²) in [7, 11) is 0. The molecule has 1 saturated heterocycles. The molecule has 0 radical (unpaired) electrons. The lowest BCUT2D eigenvalue weighted by molar-refractivity contribution is -0.160. The number of rotatable bonds is 3. The fourth-order valence-corrected chi connectivity index (χ4v) is 2.52. The van der Waals surface area contributed by atoms with Crippen LogP contribution >= 0.6 is 0 Å². The summed E-state index contributed by atoms with van der Waals surface area (Å²) in [6.45, 7) is 5.16. The number of ether oxygens (including phenoxy) is 2. The molecule has 1 aliphatic carbocycles. The Hall–Kier alpha value is -1.65. The molecule has 17 heavy (non-hydrogen) atoms. The summed E-state index contributed by atoms with van der Waals surface area (Å²) in [5, 5.41) is 0. The van der Waals surface area contributed by atoms with E-state index in [1.165, 1.54) is 13.0 Å². The number of hydrogen-bond donors (Lipinski definition) is 0. The van der Waals surface area contributed by atoms with Gasteiger partial charge in [-0.3, -0.25) is 14.4 Å². The molecule has 0 unspecified atom stereocenters. The summed E-state index contributed by atoms with van der Waals surface area (Å²) < 4.78 is 9.85. The van der Waals surface area contributed by atoms with Crippen LogP contribution in [0.5, 0.6) is 0 Å². The minimum Gasteiger partial charge on any atom is -0.465 e. The Balaban J connectivity index is 2.23. The van der Waals surface area contributed by atoms with Crippen molar-refractivity contribution >= 4 is 17.7 Å². The molecule has 3 atom stereocenters. The number of carbonyl (C=O) groups is 3. The standard InChI is InChI=1S/C12H14O5/c1-3-4-16-11(15)12(2)8-6-17-10(14)7(8)5-9(12)13/h3,7-8H,1,4-6H2,2H3/t7-,8-,12+/m1/s1. The Labute approximate surface area is 98.8 Å². The van der Waals surface area contributed by atoms with Crippen molar-refractivity contribution in [1.29, 1.82) is 0 Å². The summed E-state index contributed by atoms with van der Waals surface area (Å²) in [6, 6.07) is 0. The molecular weight excluding hydrogens is 224 g/mol. The lowest BCUT2D eigenvalue weighted by atomic mass is 9.78. The Morgan fingerprint density at radius 2 is 2.35 bits per heavy atom. The smallest absolute Gasteiger partial charge is 0.320 e. The molecule has 0 aromatic rings. The van der Waals surface area contributed by atoms with E-state index in [2.05, 4.69) is 6.58 Å². The topological polar surface area (TPSA) is 69.7 Å². The van der Waals surface area contributed by atoms with Gasteiger partial charge in [-0.2, -0.15) is 0 Å². The average Bonchev–Trinajstić information content (AvgIpc) is 2.78. The highest BCUT2D eigenvalue weighted by Gasteiger charge is 2.62. The van der Waals surface area contributed by atoms with Crippen LogP contribution in [0.15, 0.2) is 12.7 Å². The van der Waals surface area contributed by atoms with Gasteiger partial charge in [-0.25, -0.2) is 0 Å². The second-order valence-corrected chi connectivity index (χ2v) is 4.56. The zero-order valence-corrected chi connectivity index (χ0v) is 9.60. The van der Waals surface area contributed by atoms with Crippen LogP contribution in [0.2, 0.25) is 0 Å². The highest BCUT2D eigenvalue weighted by Crippen LogP contribution is 2.48. The van der Waals surface area contributed by atoms with E-state index in [1.807, 2.05) is 0 Å². The van der Waals surface area contributed by atoms with Gasteiger partial charge in [0.05, 0.1) is 12.5 Å². The van der Waals surface area contributed by atoms with Crippen molar-refractivity contribution in [1.82, 2.24) is 0 Å². The number of carbonyl (C=O) groups excluding carboxylic acids is 3. The van der Waals surface area contributed by atoms with E-state index >= 15 is 0 Å². The fraction of sp³-hybridized carbons (Fsp3) is 0.583. The largest absolute Gasteiger partial charge is 0.465 e. The normalized spacial score (nSPS) is 35.4. The summed E-state index contributed by atoms with van der Waals surface area (Å²) >= 11 is 0. The molecule has 5 nitrogen and oxygen atoms in total. The Kier molecular flexibility index (Phi) is 2.77. The van der Waals surface area contributed by atoms with Crippen LogP contribution in [0, 0.1) is 17.3 Å². The van der Waals surface area contributed by atoms with Gasteiger partial charge in [0.25, 0.3) is 0 Å². The van der Waals surface area contributed by atoms with Crippen LogP contribution < -0.4 is 0 Å². The van der Waals surface area contributed by atoms with Crippen molar-refractivity contribution in [3.05, 3.63) is 12.7 Å². The second kappa shape index (κ2) is 3.98. The van der Waals surface area contributed by atoms with Gasteiger partial charge in [0.15, 0.2) is 5.78 Å². The van der Waals surface area contributed by atoms with E-state index in [0.717, 1.165) is 0 Å². The van der Waals surface area contributed by atoms with Crippen molar-refractivity contribution in [3.63, 3.8) is 0 Å².